The fraction of sp³-hybridized carbons (Fsp3) is 0. The summed E-state index contributed by atoms with van der Waals surface area (Å²) in [5, 5.41) is 0.727. The Bertz CT molecular complexity index is 254. The Kier molecular flexibility index (Phi) is 2.95. The van der Waals surface area contributed by atoms with Gasteiger partial charge in [0.25, 0.3) is 0 Å². The van der Waals surface area contributed by atoms with Crippen molar-refractivity contribution in [1.29, 1.82) is 0 Å². The zero-order chi connectivity index (χ0) is 8.10. The highest BCUT2D eigenvalue weighted by Crippen LogP contribution is 2.18. The quantitative estimate of drug-likeness (QED) is 0.416. The Labute approximate surface area is 65.5 Å². The first-order valence-corrected chi connectivity index (χ1v) is 3.87. The molecule has 0 saturated heterocycles. The van der Waals surface area contributed by atoms with Crippen LogP contribution in [0.4, 0.5) is 0 Å². The maximum Gasteiger partial charge on any atom is 0.156 e. The molecule has 5 heteroatoms. The van der Waals surface area contributed by atoms with Gasteiger partial charge in [-0.2, -0.15) is 5.90 Å². The van der Waals surface area contributed by atoms with Gasteiger partial charge in [-0.25, -0.2) is 0 Å². The molecule has 1 rings (SSSR count). The van der Waals surface area contributed by atoms with Gasteiger partial charge >= 0.3 is 0 Å². The molecule has 0 amide bonds. The third-order valence-corrected chi connectivity index (χ3v) is 1.93. The summed E-state index contributed by atoms with van der Waals surface area (Å²) in [4.78, 5) is 17.2. The van der Waals surface area contributed by atoms with Crippen LogP contribution in [-0.4, -0.2) is 0 Å². The summed E-state index contributed by atoms with van der Waals surface area (Å²) in [5.74, 6) is 5.45. The predicted octanol–water partition coefficient (Wildman–Crippen LogP) is 0.924. The van der Waals surface area contributed by atoms with Crippen molar-refractivity contribution in [3.63, 3.8) is 0 Å². The van der Waals surface area contributed by atoms with Gasteiger partial charge in [0, 0.05) is 5.30 Å². The molecule has 4 nitrogen and oxygen atoms in total. The van der Waals surface area contributed by atoms with Crippen LogP contribution in [0.5, 0.6) is 5.75 Å². The van der Waals surface area contributed by atoms with Crippen molar-refractivity contribution < 1.29 is 4.84 Å². The highest BCUT2D eigenvalue weighted by Gasteiger charge is 2.00. The smallest absolute Gasteiger partial charge is 0.156 e. The lowest BCUT2D eigenvalue weighted by Crippen LogP contribution is -2.08. The first kappa shape index (κ1) is 8.11. The van der Waals surface area contributed by atoms with Crippen LogP contribution in [0.15, 0.2) is 29.2 Å². The predicted molar refractivity (Wildman–Crippen MR) is 45.0 cm³/mol. The molecule has 11 heavy (non-hydrogen) atoms. The van der Waals surface area contributed by atoms with E-state index in [1.807, 2.05) is 0 Å². The number of nitrogens with zero attached hydrogens (tertiary/aromatic N) is 1. The third kappa shape index (κ3) is 1.97. The molecular weight excluding hydrogens is 163 g/mol. The van der Waals surface area contributed by atoms with Gasteiger partial charge in [-0.05, 0) is 17.1 Å². The van der Waals surface area contributed by atoms with Gasteiger partial charge in [0.2, 0.25) is 0 Å². The molecule has 2 N–H and O–H groups in total. The minimum absolute atomic E-state index is 0.143. The monoisotopic (exact) mass is 170 g/mol. The van der Waals surface area contributed by atoms with E-state index >= 15 is 0 Å². The van der Waals surface area contributed by atoms with Crippen LogP contribution in [0.1, 0.15) is 0 Å². The second-order valence-electron chi connectivity index (χ2n) is 1.82. The van der Waals surface area contributed by atoms with E-state index in [9.17, 15) is 4.91 Å². The molecule has 1 aromatic carbocycles. The standard InChI is InChI=1S/C6H7N2O2P/c7-10-5-3-1-2-4-6(5)11-8-9/h1-4,11H,7H2. The van der Waals surface area contributed by atoms with Crippen LogP contribution < -0.4 is 16.0 Å². The van der Waals surface area contributed by atoms with Gasteiger partial charge in [0.05, 0.1) is 8.73 Å². The topological polar surface area (TPSA) is 64.7 Å². The molecule has 0 aliphatic rings. The van der Waals surface area contributed by atoms with Gasteiger partial charge in [-0.3, -0.25) is 0 Å². The summed E-state index contributed by atoms with van der Waals surface area (Å²) in [7, 11) is -0.143. The van der Waals surface area contributed by atoms with Crippen LogP contribution in [0.2, 0.25) is 0 Å². The van der Waals surface area contributed by atoms with E-state index in [-0.39, 0.29) is 8.73 Å². The summed E-state index contributed by atoms with van der Waals surface area (Å²) in [6.45, 7) is 0. The average molecular weight is 170 g/mol. The van der Waals surface area contributed by atoms with E-state index in [0.29, 0.717) is 5.75 Å². The molecule has 0 aliphatic carbocycles. The van der Waals surface area contributed by atoms with Crippen molar-refractivity contribution in [3.05, 3.63) is 29.2 Å². The molecule has 0 bridgehead atoms. The van der Waals surface area contributed by atoms with Crippen LogP contribution in [0, 0.1) is 4.91 Å². The summed E-state index contributed by atoms with van der Waals surface area (Å²) >= 11 is 0. The lowest BCUT2D eigenvalue weighted by atomic mass is 10.3. The zero-order valence-electron chi connectivity index (χ0n) is 5.65. The van der Waals surface area contributed by atoms with Gasteiger partial charge in [0.1, 0.15) is 0 Å². The average Bonchev–Trinajstić information content (AvgIpc) is 2.06. The van der Waals surface area contributed by atoms with Crippen LogP contribution >= 0.6 is 8.73 Å². The Morgan fingerprint density at radius 2 is 2.18 bits per heavy atom. The Morgan fingerprint density at radius 1 is 1.45 bits per heavy atom. The van der Waals surface area contributed by atoms with Crippen LogP contribution in [-0.2, 0) is 0 Å². The number of benzene rings is 1. The third-order valence-electron chi connectivity index (χ3n) is 1.18. The summed E-state index contributed by atoms with van der Waals surface area (Å²) in [6.07, 6.45) is 0. The largest absolute Gasteiger partial charge is 0.411 e. The minimum Gasteiger partial charge on any atom is -0.411 e. The molecule has 0 heterocycles. The summed E-state index contributed by atoms with van der Waals surface area (Å²) in [5.41, 5.74) is 0. The molecule has 0 spiro atoms. The highest BCUT2D eigenvalue weighted by molar-refractivity contribution is 7.45. The van der Waals surface area contributed by atoms with Crippen LogP contribution in [0.25, 0.3) is 0 Å². The van der Waals surface area contributed by atoms with Gasteiger partial charge in [0.15, 0.2) is 5.75 Å². The van der Waals surface area contributed by atoms with E-state index < -0.39 is 0 Å². The summed E-state index contributed by atoms with van der Waals surface area (Å²) < 4.78 is 0. The van der Waals surface area contributed by atoms with Crippen LogP contribution in [0.3, 0.4) is 0 Å². The zero-order valence-corrected chi connectivity index (χ0v) is 6.65. The Balaban J connectivity index is 2.92. The molecule has 1 aromatic rings. The second kappa shape index (κ2) is 4.01. The van der Waals surface area contributed by atoms with Crippen molar-refractivity contribution in [2.24, 2.45) is 10.8 Å². The SMILES string of the molecule is NOc1ccccc1PN=O. The Morgan fingerprint density at radius 3 is 2.82 bits per heavy atom. The van der Waals surface area contributed by atoms with E-state index in [1.54, 1.807) is 24.3 Å². The molecule has 0 aromatic heterocycles. The van der Waals surface area contributed by atoms with Crippen molar-refractivity contribution in [1.82, 2.24) is 0 Å². The van der Waals surface area contributed by atoms with Gasteiger partial charge in [-0.15, -0.1) is 4.91 Å². The molecule has 0 saturated carbocycles. The first-order chi connectivity index (χ1) is 5.38. The maximum atomic E-state index is 9.91. The fourth-order valence-electron chi connectivity index (χ4n) is 0.711. The lowest BCUT2D eigenvalue weighted by Gasteiger charge is -2.01. The number of hydrogen-bond acceptors (Lipinski definition) is 4. The fourth-order valence-corrected chi connectivity index (χ4v) is 1.23. The van der Waals surface area contributed by atoms with Crippen molar-refractivity contribution in [2.45, 2.75) is 0 Å². The molecule has 58 valence electrons. The lowest BCUT2D eigenvalue weighted by molar-refractivity contribution is 0.337. The minimum atomic E-state index is -0.143. The molecule has 0 fully saturated rings. The Hall–Kier alpha value is -0.990. The molecular formula is C6H7N2O2P. The van der Waals surface area contributed by atoms with E-state index in [0.717, 1.165) is 5.30 Å². The summed E-state index contributed by atoms with van der Waals surface area (Å²) in [6, 6.07) is 7.02. The van der Waals surface area contributed by atoms with Gasteiger partial charge in [-0.1, -0.05) is 12.1 Å². The number of hydrogen-bond donors (Lipinski definition) is 1. The first-order valence-electron chi connectivity index (χ1n) is 2.92. The highest BCUT2D eigenvalue weighted by atomic mass is 31.1. The van der Waals surface area contributed by atoms with E-state index in [1.165, 1.54) is 0 Å². The van der Waals surface area contributed by atoms with Gasteiger partial charge < -0.3 is 4.84 Å². The van der Waals surface area contributed by atoms with E-state index in [2.05, 4.69) is 9.78 Å². The molecule has 0 radical (unpaired) electrons. The van der Waals surface area contributed by atoms with Crippen molar-refractivity contribution >= 4 is 14.0 Å². The molecule has 1 unspecified atom stereocenters. The second-order valence-corrected chi connectivity index (χ2v) is 2.76. The normalized spacial score (nSPS) is 10.3. The number of nitrogens with two attached hydrogens (primary N) is 1. The molecule has 1 atom stereocenters. The number of rotatable bonds is 3. The van der Waals surface area contributed by atoms with E-state index in [4.69, 9.17) is 5.90 Å². The number of nitroso groups, excluding NO2 is 1. The van der Waals surface area contributed by atoms with Crippen molar-refractivity contribution in [2.75, 3.05) is 0 Å². The molecule has 0 aliphatic heterocycles. The van der Waals surface area contributed by atoms with Crippen molar-refractivity contribution in [3.8, 4) is 5.75 Å². The maximum absolute atomic E-state index is 9.91. The number of para-hydroxylation sites is 1.